The third kappa shape index (κ3) is 4.06. The second-order valence-electron chi connectivity index (χ2n) is 4.58. The van der Waals surface area contributed by atoms with Gasteiger partial charge in [-0.25, -0.2) is 8.42 Å². The van der Waals surface area contributed by atoms with E-state index in [1.165, 1.54) is 11.3 Å². The molecule has 1 heterocycles. The molecule has 0 saturated carbocycles. The molecule has 2 aromatic rings. The van der Waals surface area contributed by atoms with Crippen molar-refractivity contribution in [2.75, 3.05) is 11.3 Å². The van der Waals surface area contributed by atoms with Crippen LogP contribution in [0.4, 0.5) is 5.69 Å². The topological polar surface area (TPSA) is 58.2 Å². The van der Waals surface area contributed by atoms with E-state index in [1.807, 2.05) is 26.0 Å². The number of hydrogen-bond donors (Lipinski definition) is 2. The van der Waals surface area contributed by atoms with Crippen LogP contribution in [0.3, 0.4) is 0 Å². The maximum Gasteiger partial charge on any atom is 0.263 e. The highest BCUT2D eigenvalue weighted by atomic mass is 79.9. The average molecular weight is 389 g/mol. The van der Waals surface area contributed by atoms with Crippen molar-refractivity contribution in [3.05, 3.63) is 44.6 Å². The lowest BCUT2D eigenvalue weighted by Crippen LogP contribution is -2.17. The van der Waals surface area contributed by atoms with Gasteiger partial charge >= 0.3 is 0 Å². The zero-order chi connectivity index (χ0) is 15.5. The van der Waals surface area contributed by atoms with Crippen LogP contribution in [0.15, 0.2) is 39.0 Å². The maximum atomic E-state index is 12.6. The minimum Gasteiger partial charge on any atom is -0.312 e. The van der Waals surface area contributed by atoms with E-state index in [9.17, 15) is 8.42 Å². The summed E-state index contributed by atoms with van der Waals surface area (Å²) in [6, 6.07) is 7.20. The fourth-order valence-electron chi connectivity index (χ4n) is 1.85. The first-order valence-corrected chi connectivity index (χ1v) is 9.65. The van der Waals surface area contributed by atoms with Crippen molar-refractivity contribution in [2.24, 2.45) is 0 Å². The van der Waals surface area contributed by atoms with Crippen molar-refractivity contribution in [2.45, 2.75) is 25.3 Å². The Morgan fingerprint density at radius 1 is 1.29 bits per heavy atom. The Balaban J connectivity index is 2.30. The van der Waals surface area contributed by atoms with Gasteiger partial charge in [-0.1, -0.05) is 13.0 Å². The van der Waals surface area contributed by atoms with Gasteiger partial charge in [-0.15, -0.1) is 11.3 Å². The molecule has 7 heteroatoms. The highest BCUT2D eigenvalue weighted by molar-refractivity contribution is 9.10. The van der Waals surface area contributed by atoms with Crippen molar-refractivity contribution in [3.63, 3.8) is 0 Å². The summed E-state index contributed by atoms with van der Waals surface area (Å²) in [5, 5.41) is 4.95. The van der Waals surface area contributed by atoms with Crippen molar-refractivity contribution >= 4 is 43.0 Å². The van der Waals surface area contributed by atoms with Gasteiger partial charge in [-0.3, -0.25) is 4.72 Å². The number of thiophene rings is 1. The zero-order valence-electron chi connectivity index (χ0n) is 11.8. The highest BCUT2D eigenvalue weighted by Crippen LogP contribution is 2.28. The summed E-state index contributed by atoms with van der Waals surface area (Å²) in [4.78, 5) is 1.15. The lowest BCUT2D eigenvalue weighted by molar-refractivity contribution is 0.599. The Morgan fingerprint density at radius 2 is 2.05 bits per heavy atom. The largest absolute Gasteiger partial charge is 0.312 e. The van der Waals surface area contributed by atoms with Gasteiger partial charge in [0.05, 0.1) is 5.69 Å². The van der Waals surface area contributed by atoms with Crippen LogP contribution < -0.4 is 10.0 Å². The van der Waals surface area contributed by atoms with E-state index >= 15 is 0 Å². The standard InChI is InChI=1S/C14H17BrN2O2S2/c1-3-16-9-13-14(6-7-20-13)21(18,19)17-12-8-10(2)4-5-11(12)15/h4-8,16-17H,3,9H2,1-2H3. The number of nitrogens with one attached hydrogen (secondary N) is 2. The predicted octanol–water partition coefficient (Wildman–Crippen LogP) is 3.73. The number of benzene rings is 1. The third-order valence-electron chi connectivity index (χ3n) is 2.90. The summed E-state index contributed by atoms with van der Waals surface area (Å²) in [5.41, 5.74) is 1.55. The van der Waals surface area contributed by atoms with E-state index in [1.54, 1.807) is 17.5 Å². The Kier molecular flexibility index (Phi) is 5.43. The lowest BCUT2D eigenvalue weighted by Gasteiger charge is -2.11. The monoisotopic (exact) mass is 388 g/mol. The van der Waals surface area contributed by atoms with Crippen LogP contribution in [-0.4, -0.2) is 15.0 Å². The number of aryl methyl sites for hydroxylation is 1. The summed E-state index contributed by atoms with van der Waals surface area (Å²) in [5.74, 6) is 0. The van der Waals surface area contributed by atoms with E-state index in [0.717, 1.165) is 21.5 Å². The fraction of sp³-hybridized carbons (Fsp3) is 0.286. The molecule has 0 spiro atoms. The van der Waals surface area contributed by atoms with Crippen LogP contribution >= 0.6 is 27.3 Å². The van der Waals surface area contributed by atoms with Gasteiger partial charge < -0.3 is 5.32 Å². The van der Waals surface area contributed by atoms with Crippen molar-refractivity contribution in [1.82, 2.24) is 5.32 Å². The highest BCUT2D eigenvalue weighted by Gasteiger charge is 2.20. The molecule has 0 unspecified atom stereocenters. The number of sulfonamides is 1. The number of hydrogen-bond acceptors (Lipinski definition) is 4. The van der Waals surface area contributed by atoms with Crippen LogP contribution in [-0.2, 0) is 16.6 Å². The Labute approximate surface area is 137 Å². The molecule has 0 atom stereocenters. The molecule has 0 aliphatic rings. The van der Waals surface area contributed by atoms with Gasteiger partial charge in [0.1, 0.15) is 4.90 Å². The van der Waals surface area contributed by atoms with Crippen molar-refractivity contribution in [1.29, 1.82) is 0 Å². The molecule has 0 radical (unpaired) electrons. The smallest absolute Gasteiger partial charge is 0.263 e. The molecule has 4 nitrogen and oxygen atoms in total. The number of rotatable bonds is 6. The summed E-state index contributed by atoms with van der Waals surface area (Å²) in [6.45, 7) is 5.27. The molecule has 0 bridgehead atoms. The molecule has 2 N–H and O–H groups in total. The van der Waals surface area contributed by atoms with Gasteiger partial charge in [-0.2, -0.15) is 0 Å². The first kappa shape index (κ1) is 16.5. The molecule has 0 aliphatic carbocycles. The summed E-state index contributed by atoms with van der Waals surface area (Å²) >= 11 is 4.81. The van der Waals surface area contributed by atoms with E-state index in [-0.39, 0.29) is 0 Å². The second kappa shape index (κ2) is 6.91. The fourth-order valence-corrected chi connectivity index (χ4v) is 4.81. The molecular weight excluding hydrogens is 372 g/mol. The Morgan fingerprint density at radius 3 is 2.76 bits per heavy atom. The number of anilines is 1. The van der Waals surface area contributed by atoms with Crippen LogP contribution in [0.5, 0.6) is 0 Å². The molecule has 0 fully saturated rings. The van der Waals surface area contributed by atoms with Crippen molar-refractivity contribution in [3.8, 4) is 0 Å². The molecule has 1 aromatic carbocycles. The minimum absolute atomic E-state index is 0.335. The van der Waals surface area contributed by atoms with Crippen LogP contribution in [0.2, 0.25) is 0 Å². The first-order chi connectivity index (χ1) is 9.94. The van der Waals surface area contributed by atoms with E-state index in [4.69, 9.17) is 0 Å². The van der Waals surface area contributed by atoms with E-state index in [2.05, 4.69) is 26.0 Å². The second-order valence-corrected chi connectivity index (χ2v) is 8.08. The molecular formula is C14H17BrN2O2S2. The lowest BCUT2D eigenvalue weighted by atomic mass is 10.2. The predicted molar refractivity (Wildman–Crippen MR) is 91.4 cm³/mol. The Hall–Kier alpha value is -0.890. The van der Waals surface area contributed by atoms with Crippen LogP contribution in [0.25, 0.3) is 0 Å². The molecule has 21 heavy (non-hydrogen) atoms. The zero-order valence-corrected chi connectivity index (χ0v) is 15.0. The van der Waals surface area contributed by atoms with Gasteiger partial charge in [0.15, 0.2) is 0 Å². The number of halogens is 1. The molecule has 0 aliphatic heterocycles. The van der Waals surface area contributed by atoms with Gasteiger partial charge in [0.25, 0.3) is 10.0 Å². The van der Waals surface area contributed by atoms with Gasteiger partial charge in [0.2, 0.25) is 0 Å². The summed E-state index contributed by atoms with van der Waals surface area (Å²) in [7, 11) is -3.58. The normalized spacial score (nSPS) is 11.6. The van der Waals surface area contributed by atoms with Crippen LogP contribution in [0, 0.1) is 6.92 Å². The SMILES string of the molecule is CCNCc1sccc1S(=O)(=O)Nc1cc(C)ccc1Br. The molecule has 0 amide bonds. The molecule has 1 aromatic heterocycles. The van der Waals surface area contributed by atoms with E-state index in [0.29, 0.717) is 17.1 Å². The molecule has 2 rings (SSSR count). The van der Waals surface area contributed by atoms with Crippen molar-refractivity contribution < 1.29 is 8.42 Å². The minimum atomic E-state index is -3.58. The molecule has 0 saturated heterocycles. The van der Waals surface area contributed by atoms with Gasteiger partial charge in [0, 0.05) is 15.9 Å². The van der Waals surface area contributed by atoms with E-state index < -0.39 is 10.0 Å². The Bertz CT molecular complexity index is 726. The first-order valence-electron chi connectivity index (χ1n) is 6.50. The quantitative estimate of drug-likeness (QED) is 0.792. The maximum absolute atomic E-state index is 12.6. The third-order valence-corrected chi connectivity index (χ3v) is 6.09. The molecule has 114 valence electrons. The summed E-state index contributed by atoms with van der Waals surface area (Å²) < 4.78 is 28.5. The average Bonchev–Trinajstić information content (AvgIpc) is 2.89. The van der Waals surface area contributed by atoms with Crippen LogP contribution in [0.1, 0.15) is 17.4 Å². The summed E-state index contributed by atoms with van der Waals surface area (Å²) in [6.07, 6.45) is 0. The van der Waals surface area contributed by atoms with Gasteiger partial charge in [-0.05, 0) is 58.5 Å².